The van der Waals surface area contributed by atoms with Crippen LogP contribution >= 0.6 is 0 Å². The van der Waals surface area contributed by atoms with Crippen molar-refractivity contribution in [2.75, 3.05) is 5.73 Å². The molecule has 0 bridgehead atoms. The van der Waals surface area contributed by atoms with Crippen LogP contribution in [-0.2, 0) is 0 Å². The van der Waals surface area contributed by atoms with Gasteiger partial charge in [-0.3, -0.25) is 4.57 Å². The molecule has 0 aliphatic heterocycles. The van der Waals surface area contributed by atoms with E-state index in [1.54, 1.807) is 0 Å². The van der Waals surface area contributed by atoms with Crippen LogP contribution in [0.3, 0.4) is 0 Å². The van der Waals surface area contributed by atoms with Crippen molar-refractivity contribution in [3.05, 3.63) is 53.1 Å². The minimum absolute atomic E-state index is 0.533. The molecule has 0 aliphatic rings. The van der Waals surface area contributed by atoms with E-state index in [2.05, 4.69) is 56.1 Å². The van der Waals surface area contributed by atoms with E-state index in [0.717, 1.165) is 16.7 Å². The van der Waals surface area contributed by atoms with Gasteiger partial charge in [-0.25, -0.2) is 4.98 Å². The highest BCUT2D eigenvalue weighted by Gasteiger charge is 2.10. The third-order valence-electron chi connectivity index (χ3n) is 3.30. The Morgan fingerprint density at radius 1 is 0.895 bits per heavy atom. The second-order valence-electron chi connectivity index (χ2n) is 5.14. The van der Waals surface area contributed by atoms with E-state index in [1.807, 2.05) is 10.6 Å². The van der Waals surface area contributed by atoms with Crippen LogP contribution in [0.4, 0.5) is 5.95 Å². The maximum absolute atomic E-state index is 6.09. The molecule has 3 nitrogen and oxygen atoms in total. The summed E-state index contributed by atoms with van der Waals surface area (Å²) < 4.78 is 2.02. The molecule has 0 spiro atoms. The Kier molecular flexibility index (Phi) is 2.56. The first-order valence-electron chi connectivity index (χ1n) is 6.38. The lowest BCUT2D eigenvalue weighted by atomic mass is 10.1. The van der Waals surface area contributed by atoms with Crippen molar-refractivity contribution in [2.24, 2.45) is 0 Å². The van der Waals surface area contributed by atoms with Gasteiger partial charge in [0.05, 0.1) is 11.0 Å². The third kappa shape index (κ3) is 1.97. The highest BCUT2D eigenvalue weighted by atomic mass is 15.2. The SMILES string of the molecule is Cc1cc(C)cc(-n2c(N)nc3ccc(C)cc32)c1. The van der Waals surface area contributed by atoms with Gasteiger partial charge in [-0.05, 0) is 61.7 Å². The molecule has 3 heteroatoms. The van der Waals surface area contributed by atoms with Gasteiger partial charge in [0.2, 0.25) is 5.95 Å². The quantitative estimate of drug-likeness (QED) is 0.719. The van der Waals surface area contributed by atoms with Gasteiger partial charge in [-0.15, -0.1) is 0 Å². The molecule has 0 unspecified atom stereocenters. The lowest BCUT2D eigenvalue weighted by molar-refractivity contribution is 1.10. The molecule has 0 aliphatic carbocycles. The lowest BCUT2D eigenvalue weighted by Gasteiger charge is -2.09. The van der Waals surface area contributed by atoms with Gasteiger partial charge in [-0.1, -0.05) is 12.1 Å². The summed E-state index contributed by atoms with van der Waals surface area (Å²) in [6.07, 6.45) is 0. The predicted molar refractivity (Wildman–Crippen MR) is 79.7 cm³/mol. The summed E-state index contributed by atoms with van der Waals surface area (Å²) in [4.78, 5) is 4.43. The van der Waals surface area contributed by atoms with Crippen molar-refractivity contribution in [3.8, 4) is 5.69 Å². The Morgan fingerprint density at radius 2 is 1.58 bits per heavy atom. The number of hydrogen-bond acceptors (Lipinski definition) is 2. The van der Waals surface area contributed by atoms with Crippen LogP contribution in [0, 0.1) is 20.8 Å². The molecule has 0 radical (unpaired) electrons. The lowest BCUT2D eigenvalue weighted by Crippen LogP contribution is -2.01. The summed E-state index contributed by atoms with van der Waals surface area (Å²) in [5, 5.41) is 0. The molecule has 2 N–H and O–H groups in total. The molecule has 0 saturated heterocycles. The number of imidazole rings is 1. The van der Waals surface area contributed by atoms with Gasteiger partial charge in [0.1, 0.15) is 0 Å². The molecule has 1 heterocycles. The normalized spacial score (nSPS) is 11.1. The topological polar surface area (TPSA) is 43.8 Å². The molecular weight excluding hydrogens is 234 g/mol. The molecule has 19 heavy (non-hydrogen) atoms. The summed E-state index contributed by atoms with van der Waals surface area (Å²) in [7, 11) is 0. The first kappa shape index (κ1) is 11.8. The van der Waals surface area contributed by atoms with E-state index < -0.39 is 0 Å². The van der Waals surface area contributed by atoms with Gasteiger partial charge in [-0.2, -0.15) is 0 Å². The molecule has 3 aromatic rings. The van der Waals surface area contributed by atoms with Crippen LogP contribution < -0.4 is 5.73 Å². The number of anilines is 1. The summed E-state index contributed by atoms with van der Waals surface area (Å²) >= 11 is 0. The number of nitrogens with two attached hydrogens (primary N) is 1. The number of rotatable bonds is 1. The molecule has 0 atom stereocenters. The second kappa shape index (κ2) is 4.12. The largest absolute Gasteiger partial charge is 0.369 e. The molecule has 2 aromatic carbocycles. The second-order valence-corrected chi connectivity index (χ2v) is 5.14. The summed E-state index contributed by atoms with van der Waals surface area (Å²) in [5.74, 6) is 0.533. The maximum atomic E-state index is 6.09. The van der Waals surface area contributed by atoms with Crippen LogP contribution in [0.1, 0.15) is 16.7 Å². The molecule has 3 rings (SSSR count). The molecule has 96 valence electrons. The van der Waals surface area contributed by atoms with Crippen LogP contribution in [-0.4, -0.2) is 9.55 Å². The zero-order valence-electron chi connectivity index (χ0n) is 11.4. The van der Waals surface area contributed by atoms with E-state index in [0.29, 0.717) is 5.95 Å². The predicted octanol–water partition coefficient (Wildman–Crippen LogP) is 3.53. The summed E-state index contributed by atoms with van der Waals surface area (Å²) in [5.41, 5.74) is 12.8. The number of benzene rings is 2. The fourth-order valence-electron chi connectivity index (χ4n) is 2.56. The average Bonchev–Trinajstić information content (AvgIpc) is 2.63. The Morgan fingerprint density at radius 3 is 2.26 bits per heavy atom. The number of aryl methyl sites for hydroxylation is 3. The van der Waals surface area contributed by atoms with E-state index in [1.165, 1.54) is 16.7 Å². The minimum atomic E-state index is 0.533. The Hall–Kier alpha value is -2.29. The van der Waals surface area contributed by atoms with Crippen LogP contribution in [0.15, 0.2) is 36.4 Å². The Labute approximate surface area is 112 Å². The van der Waals surface area contributed by atoms with E-state index in [-0.39, 0.29) is 0 Å². The zero-order valence-corrected chi connectivity index (χ0v) is 11.4. The van der Waals surface area contributed by atoms with Crippen LogP contribution in [0.5, 0.6) is 0 Å². The number of nitrogen functional groups attached to an aromatic ring is 1. The van der Waals surface area contributed by atoms with E-state index in [9.17, 15) is 0 Å². The monoisotopic (exact) mass is 251 g/mol. The Bertz CT molecular complexity index is 749. The van der Waals surface area contributed by atoms with Gasteiger partial charge < -0.3 is 5.73 Å². The summed E-state index contributed by atoms with van der Waals surface area (Å²) in [6.45, 7) is 6.27. The number of hydrogen-bond donors (Lipinski definition) is 1. The highest BCUT2D eigenvalue weighted by Crippen LogP contribution is 2.25. The molecule has 0 amide bonds. The van der Waals surface area contributed by atoms with Gasteiger partial charge in [0.25, 0.3) is 0 Å². The van der Waals surface area contributed by atoms with Crippen molar-refractivity contribution in [1.82, 2.24) is 9.55 Å². The van der Waals surface area contributed by atoms with Crippen molar-refractivity contribution < 1.29 is 0 Å². The van der Waals surface area contributed by atoms with Gasteiger partial charge >= 0.3 is 0 Å². The van der Waals surface area contributed by atoms with Crippen LogP contribution in [0.25, 0.3) is 16.7 Å². The first-order valence-corrected chi connectivity index (χ1v) is 6.38. The van der Waals surface area contributed by atoms with Crippen LogP contribution in [0.2, 0.25) is 0 Å². The van der Waals surface area contributed by atoms with Crippen molar-refractivity contribution in [3.63, 3.8) is 0 Å². The minimum Gasteiger partial charge on any atom is -0.369 e. The number of nitrogens with zero attached hydrogens (tertiary/aromatic N) is 2. The maximum Gasteiger partial charge on any atom is 0.205 e. The molecule has 0 fully saturated rings. The molecular formula is C16H17N3. The Balaban J connectivity index is 2.35. The third-order valence-corrected chi connectivity index (χ3v) is 3.30. The van der Waals surface area contributed by atoms with E-state index >= 15 is 0 Å². The van der Waals surface area contributed by atoms with Gasteiger partial charge in [0.15, 0.2) is 0 Å². The number of aromatic nitrogens is 2. The van der Waals surface area contributed by atoms with Crippen molar-refractivity contribution >= 4 is 17.0 Å². The van der Waals surface area contributed by atoms with Crippen molar-refractivity contribution in [1.29, 1.82) is 0 Å². The van der Waals surface area contributed by atoms with Crippen molar-refractivity contribution in [2.45, 2.75) is 20.8 Å². The first-order chi connectivity index (χ1) is 9.04. The smallest absolute Gasteiger partial charge is 0.205 e. The fraction of sp³-hybridized carbons (Fsp3) is 0.188. The zero-order chi connectivity index (χ0) is 13.6. The highest BCUT2D eigenvalue weighted by molar-refractivity contribution is 5.81. The molecule has 0 saturated carbocycles. The summed E-state index contributed by atoms with van der Waals surface area (Å²) in [6, 6.07) is 12.6. The van der Waals surface area contributed by atoms with E-state index in [4.69, 9.17) is 5.73 Å². The molecule has 1 aromatic heterocycles. The standard InChI is InChI=1S/C16H17N3/c1-10-4-5-14-15(9-10)19(16(17)18-14)13-7-11(2)6-12(3)8-13/h4-9H,1-3H3,(H2,17,18). The number of fused-ring (bicyclic) bond motifs is 1. The average molecular weight is 251 g/mol. The fourth-order valence-corrected chi connectivity index (χ4v) is 2.56. The van der Waals surface area contributed by atoms with Gasteiger partial charge in [0, 0.05) is 5.69 Å².